The molecule has 7 nitrogen and oxygen atoms in total. The summed E-state index contributed by atoms with van der Waals surface area (Å²) < 4.78 is 1.89. The molecule has 26 heavy (non-hydrogen) atoms. The molecule has 0 saturated carbocycles. The van der Waals surface area contributed by atoms with Crippen LogP contribution in [0.4, 0.5) is 0 Å². The minimum Gasteiger partial charge on any atom is -0.352 e. The predicted molar refractivity (Wildman–Crippen MR) is 102 cm³/mol. The van der Waals surface area contributed by atoms with Gasteiger partial charge in [-0.05, 0) is 36.2 Å². The van der Waals surface area contributed by atoms with Crippen molar-refractivity contribution in [2.24, 2.45) is 0 Å². The number of H-pyrrole nitrogens is 1. The second-order valence-electron chi connectivity index (χ2n) is 5.82. The van der Waals surface area contributed by atoms with E-state index in [-0.39, 0.29) is 24.4 Å². The summed E-state index contributed by atoms with van der Waals surface area (Å²) in [6.07, 6.45) is 3.97. The first-order chi connectivity index (χ1) is 12.5. The number of hydrogen-bond donors (Lipinski definition) is 2. The zero-order valence-corrected chi connectivity index (χ0v) is 15.5. The first-order valence-electron chi connectivity index (χ1n) is 8.12. The quantitative estimate of drug-likeness (QED) is 0.641. The van der Waals surface area contributed by atoms with Crippen LogP contribution in [0.25, 0.3) is 10.9 Å². The monoisotopic (exact) mass is 416 g/mol. The van der Waals surface area contributed by atoms with Crippen LogP contribution >= 0.6 is 15.9 Å². The van der Waals surface area contributed by atoms with Gasteiger partial charge >= 0.3 is 5.69 Å². The first-order valence-corrected chi connectivity index (χ1v) is 8.92. The average molecular weight is 417 g/mol. The van der Waals surface area contributed by atoms with Crippen molar-refractivity contribution < 1.29 is 4.79 Å². The molecule has 2 heterocycles. The highest BCUT2D eigenvalue weighted by Crippen LogP contribution is 2.14. The number of pyridine rings is 1. The standard InChI is InChI=1S/C18H17BrN4O3/c19-13-5-6-15-14(9-13)17(25)23(18(26)22-15)8-2-4-16(24)21-11-12-3-1-7-20-10-12/h1,3,5-7,9-10H,2,4,8,11H2,(H,21,24)(H,22,26). The number of carbonyl (C=O) groups excluding carboxylic acids is 1. The van der Waals surface area contributed by atoms with Crippen molar-refractivity contribution in [2.45, 2.75) is 25.9 Å². The van der Waals surface area contributed by atoms with Crippen LogP contribution in [-0.2, 0) is 17.9 Å². The van der Waals surface area contributed by atoms with E-state index in [1.165, 1.54) is 0 Å². The van der Waals surface area contributed by atoms with Crippen molar-refractivity contribution in [3.63, 3.8) is 0 Å². The van der Waals surface area contributed by atoms with Gasteiger partial charge in [-0.15, -0.1) is 0 Å². The van der Waals surface area contributed by atoms with Gasteiger partial charge in [-0.1, -0.05) is 22.0 Å². The van der Waals surface area contributed by atoms with E-state index in [0.717, 1.165) is 14.6 Å². The van der Waals surface area contributed by atoms with Crippen LogP contribution in [0.3, 0.4) is 0 Å². The molecule has 0 spiro atoms. The Kier molecular flexibility index (Phi) is 5.62. The molecule has 0 unspecified atom stereocenters. The summed E-state index contributed by atoms with van der Waals surface area (Å²) in [7, 11) is 0. The van der Waals surface area contributed by atoms with Crippen LogP contribution in [0, 0.1) is 0 Å². The molecule has 8 heteroatoms. The van der Waals surface area contributed by atoms with Gasteiger partial charge in [0.15, 0.2) is 0 Å². The number of aromatic nitrogens is 3. The van der Waals surface area contributed by atoms with Crippen LogP contribution < -0.4 is 16.6 Å². The molecule has 0 aliphatic heterocycles. The number of benzene rings is 1. The van der Waals surface area contributed by atoms with Crippen molar-refractivity contribution in [3.05, 3.63) is 73.6 Å². The molecule has 0 aliphatic rings. The number of fused-ring (bicyclic) bond motifs is 1. The largest absolute Gasteiger partial charge is 0.352 e. The summed E-state index contributed by atoms with van der Waals surface area (Å²) in [4.78, 5) is 43.2. The van der Waals surface area contributed by atoms with Gasteiger partial charge in [-0.25, -0.2) is 4.79 Å². The molecule has 2 N–H and O–H groups in total. The number of carbonyl (C=O) groups is 1. The lowest BCUT2D eigenvalue weighted by atomic mass is 10.2. The maximum atomic E-state index is 12.5. The van der Waals surface area contributed by atoms with Gasteiger partial charge < -0.3 is 10.3 Å². The average Bonchev–Trinajstić information content (AvgIpc) is 2.64. The molecule has 0 aliphatic carbocycles. The molecule has 3 rings (SSSR count). The van der Waals surface area contributed by atoms with Crippen molar-refractivity contribution in [1.29, 1.82) is 0 Å². The lowest BCUT2D eigenvalue weighted by molar-refractivity contribution is -0.121. The highest BCUT2D eigenvalue weighted by Gasteiger charge is 2.09. The second-order valence-corrected chi connectivity index (χ2v) is 6.73. The van der Waals surface area contributed by atoms with E-state index in [1.807, 2.05) is 6.07 Å². The zero-order valence-electron chi connectivity index (χ0n) is 13.9. The fourth-order valence-electron chi connectivity index (χ4n) is 2.62. The highest BCUT2D eigenvalue weighted by molar-refractivity contribution is 9.10. The number of amides is 1. The smallest absolute Gasteiger partial charge is 0.328 e. The van der Waals surface area contributed by atoms with Gasteiger partial charge in [0, 0.05) is 36.4 Å². The van der Waals surface area contributed by atoms with Crippen LogP contribution in [-0.4, -0.2) is 20.4 Å². The summed E-state index contributed by atoms with van der Waals surface area (Å²) in [6, 6.07) is 8.79. The zero-order chi connectivity index (χ0) is 18.5. The number of nitrogens with zero attached hydrogens (tertiary/aromatic N) is 2. The molecule has 0 atom stereocenters. The van der Waals surface area contributed by atoms with Gasteiger partial charge in [0.1, 0.15) is 0 Å². The topological polar surface area (TPSA) is 96.9 Å². The van der Waals surface area contributed by atoms with Crippen molar-refractivity contribution >= 4 is 32.7 Å². The lowest BCUT2D eigenvalue weighted by Gasteiger charge is -2.07. The highest BCUT2D eigenvalue weighted by atomic mass is 79.9. The maximum Gasteiger partial charge on any atom is 0.328 e. The van der Waals surface area contributed by atoms with Crippen molar-refractivity contribution in [1.82, 2.24) is 19.9 Å². The SMILES string of the molecule is O=C(CCCn1c(=O)[nH]c2ccc(Br)cc2c1=O)NCc1cccnc1. The Bertz CT molecular complexity index is 1040. The summed E-state index contributed by atoms with van der Waals surface area (Å²) in [6.45, 7) is 0.578. The van der Waals surface area contributed by atoms with Gasteiger partial charge in [0.05, 0.1) is 10.9 Å². The third-order valence-corrected chi connectivity index (χ3v) is 4.44. The summed E-state index contributed by atoms with van der Waals surface area (Å²) >= 11 is 3.32. The minimum atomic E-state index is -0.472. The Balaban J connectivity index is 1.62. The number of hydrogen-bond acceptors (Lipinski definition) is 4. The molecular weight excluding hydrogens is 400 g/mol. The normalized spacial score (nSPS) is 10.8. The fraction of sp³-hybridized carbons (Fsp3) is 0.222. The van der Waals surface area contributed by atoms with E-state index in [0.29, 0.717) is 23.9 Å². The lowest BCUT2D eigenvalue weighted by Crippen LogP contribution is -2.35. The molecule has 1 aromatic carbocycles. The van der Waals surface area contributed by atoms with Gasteiger partial charge in [-0.2, -0.15) is 0 Å². The molecule has 1 amide bonds. The number of aromatic amines is 1. The first kappa shape index (κ1) is 18.1. The Hall–Kier alpha value is -2.74. The van der Waals surface area contributed by atoms with E-state index in [4.69, 9.17) is 0 Å². The van der Waals surface area contributed by atoms with E-state index >= 15 is 0 Å². The van der Waals surface area contributed by atoms with Crippen LogP contribution in [0.15, 0.2) is 56.8 Å². The summed E-state index contributed by atoms with van der Waals surface area (Å²) in [5.74, 6) is -0.137. The fourth-order valence-corrected chi connectivity index (χ4v) is 2.98. The van der Waals surface area contributed by atoms with E-state index < -0.39 is 5.69 Å². The molecule has 0 fully saturated rings. The Labute approximate surface area is 157 Å². The van der Waals surface area contributed by atoms with E-state index in [9.17, 15) is 14.4 Å². The third kappa shape index (κ3) is 4.26. The number of halogens is 1. The number of rotatable bonds is 6. The summed E-state index contributed by atoms with van der Waals surface area (Å²) in [5, 5.41) is 3.22. The summed E-state index contributed by atoms with van der Waals surface area (Å²) in [5.41, 5.74) is 0.573. The van der Waals surface area contributed by atoms with Crippen molar-refractivity contribution in [2.75, 3.05) is 0 Å². The third-order valence-electron chi connectivity index (χ3n) is 3.94. The molecule has 134 valence electrons. The van der Waals surface area contributed by atoms with Crippen LogP contribution in [0.5, 0.6) is 0 Å². The molecule has 2 aromatic heterocycles. The van der Waals surface area contributed by atoms with Crippen LogP contribution in [0.1, 0.15) is 18.4 Å². The molecule has 0 saturated heterocycles. The Morgan fingerprint density at radius 2 is 2.12 bits per heavy atom. The second kappa shape index (κ2) is 8.09. The Morgan fingerprint density at radius 1 is 1.27 bits per heavy atom. The maximum absolute atomic E-state index is 12.5. The Morgan fingerprint density at radius 3 is 2.88 bits per heavy atom. The van der Waals surface area contributed by atoms with Gasteiger partial charge in [0.25, 0.3) is 5.56 Å². The van der Waals surface area contributed by atoms with Crippen molar-refractivity contribution in [3.8, 4) is 0 Å². The van der Waals surface area contributed by atoms with E-state index in [2.05, 4.69) is 31.2 Å². The van der Waals surface area contributed by atoms with Gasteiger partial charge in [0.2, 0.25) is 5.91 Å². The molecular formula is C18H17BrN4O3. The number of nitrogens with one attached hydrogen (secondary N) is 2. The van der Waals surface area contributed by atoms with Gasteiger partial charge in [-0.3, -0.25) is 19.1 Å². The predicted octanol–water partition coefficient (Wildman–Crippen LogP) is 1.94. The van der Waals surface area contributed by atoms with E-state index in [1.54, 1.807) is 36.7 Å². The molecule has 3 aromatic rings. The molecule has 0 radical (unpaired) electrons. The molecule has 0 bridgehead atoms. The van der Waals surface area contributed by atoms with Crippen LogP contribution in [0.2, 0.25) is 0 Å². The minimum absolute atomic E-state index is 0.137.